The molecule has 1 aliphatic heterocycles. The fourth-order valence-corrected chi connectivity index (χ4v) is 4.37. The Balaban J connectivity index is 1.42. The third-order valence-electron chi connectivity index (χ3n) is 6.17. The molecule has 0 saturated carbocycles. The van der Waals surface area contributed by atoms with Crippen LogP contribution in [0.1, 0.15) is 56.4 Å². The number of benzene rings is 2. The minimum atomic E-state index is -0.177. The lowest BCUT2D eigenvalue weighted by molar-refractivity contribution is -0.133. The number of fused-ring (bicyclic) bond motifs is 1. The fraction of sp³-hybridized carbons (Fsp3) is 0.357. The SMILES string of the molecule is CCC(C(=O)Nc1ccc(-c2cc3c(o2)CCN(C(=O)CC(C)C)C3)cc1)c1ccccc1. The minimum absolute atomic E-state index is 0.00364. The van der Waals surface area contributed by atoms with E-state index >= 15 is 0 Å². The van der Waals surface area contributed by atoms with E-state index in [0.29, 0.717) is 25.4 Å². The number of nitrogens with one attached hydrogen (secondary N) is 1. The highest BCUT2D eigenvalue weighted by Gasteiger charge is 2.25. The van der Waals surface area contributed by atoms with E-state index in [1.165, 1.54) is 0 Å². The Morgan fingerprint density at radius 3 is 2.45 bits per heavy atom. The zero-order valence-electron chi connectivity index (χ0n) is 19.6. The summed E-state index contributed by atoms with van der Waals surface area (Å²) in [7, 11) is 0. The predicted molar refractivity (Wildman–Crippen MR) is 131 cm³/mol. The van der Waals surface area contributed by atoms with Gasteiger partial charge in [0.15, 0.2) is 0 Å². The monoisotopic (exact) mass is 444 g/mol. The molecular weight excluding hydrogens is 412 g/mol. The van der Waals surface area contributed by atoms with E-state index in [1.807, 2.05) is 72.5 Å². The normalized spacial score (nSPS) is 14.1. The molecule has 3 aromatic rings. The van der Waals surface area contributed by atoms with Crippen molar-refractivity contribution in [1.29, 1.82) is 0 Å². The molecular formula is C28H32N2O3. The Labute approximate surface area is 195 Å². The van der Waals surface area contributed by atoms with Gasteiger partial charge < -0.3 is 14.6 Å². The number of nitrogens with zero attached hydrogens (tertiary/aromatic N) is 1. The molecule has 2 heterocycles. The van der Waals surface area contributed by atoms with E-state index < -0.39 is 0 Å². The topological polar surface area (TPSA) is 62.6 Å². The summed E-state index contributed by atoms with van der Waals surface area (Å²) in [5, 5.41) is 3.04. The molecule has 2 aromatic carbocycles. The summed E-state index contributed by atoms with van der Waals surface area (Å²) in [5.41, 5.74) is 3.83. The molecule has 33 heavy (non-hydrogen) atoms. The number of amides is 2. The molecule has 1 aromatic heterocycles. The molecule has 5 nitrogen and oxygen atoms in total. The van der Waals surface area contributed by atoms with Crippen LogP contribution in [0.2, 0.25) is 0 Å². The first kappa shape index (κ1) is 22.8. The molecule has 1 aliphatic rings. The lowest BCUT2D eigenvalue weighted by Gasteiger charge is -2.26. The highest BCUT2D eigenvalue weighted by molar-refractivity contribution is 5.96. The van der Waals surface area contributed by atoms with Gasteiger partial charge in [0, 0.05) is 42.7 Å². The second-order valence-electron chi connectivity index (χ2n) is 9.16. The van der Waals surface area contributed by atoms with Crippen LogP contribution in [0.25, 0.3) is 11.3 Å². The van der Waals surface area contributed by atoms with Gasteiger partial charge in [-0.3, -0.25) is 9.59 Å². The first-order valence-electron chi connectivity index (χ1n) is 11.8. The summed E-state index contributed by atoms with van der Waals surface area (Å²) >= 11 is 0. The van der Waals surface area contributed by atoms with Gasteiger partial charge in [0.1, 0.15) is 11.5 Å². The van der Waals surface area contributed by atoms with Crippen LogP contribution in [0, 0.1) is 5.92 Å². The first-order chi connectivity index (χ1) is 15.9. The number of hydrogen-bond acceptors (Lipinski definition) is 3. The van der Waals surface area contributed by atoms with Crippen LogP contribution in [0.15, 0.2) is 65.1 Å². The Morgan fingerprint density at radius 2 is 1.79 bits per heavy atom. The van der Waals surface area contributed by atoms with Crippen molar-refractivity contribution in [3.8, 4) is 11.3 Å². The van der Waals surface area contributed by atoms with Crippen molar-refractivity contribution < 1.29 is 14.0 Å². The van der Waals surface area contributed by atoms with Crippen LogP contribution in [-0.2, 0) is 22.6 Å². The number of furan rings is 1. The average Bonchev–Trinajstić information content (AvgIpc) is 3.24. The molecule has 0 radical (unpaired) electrons. The molecule has 2 amide bonds. The van der Waals surface area contributed by atoms with Gasteiger partial charge >= 0.3 is 0 Å². The molecule has 1 N–H and O–H groups in total. The van der Waals surface area contributed by atoms with Crippen molar-refractivity contribution in [1.82, 2.24) is 4.90 Å². The molecule has 1 unspecified atom stereocenters. The van der Waals surface area contributed by atoms with Gasteiger partial charge in [-0.1, -0.05) is 51.1 Å². The van der Waals surface area contributed by atoms with Crippen LogP contribution in [0.5, 0.6) is 0 Å². The first-order valence-corrected chi connectivity index (χ1v) is 11.8. The Kier molecular flexibility index (Phi) is 6.97. The summed E-state index contributed by atoms with van der Waals surface area (Å²) in [4.78, 5) is 27.2. The number of hydrogen-bond donors (Lipinski definition) is 1. The van der Waals surface area contributed by atoms with Gasteiger partial charge in [-0.05, 0) is 48.2 Å². The van der Waals surface area contributed by atoms with Gasteiger partial charge in [-0.2, -0.15) is 0 Å². The number of anilines is 1. The van der Waals surface area contributed by atoms with Crippen molar-refractivity contribution in [2.75, 3.05) is 11.9 Å². The molecule has 4 rings (SSSR count). The van der Waals surface area contributed by atoms with Crippen molar-refractivity contribution in [3.63, 3.8) is 0 Å². The highest BCUT2D eigenvalue weighted by atomic mass is 16.3. The second-order valence-corrected chi connectivity index (χ2v) is 9.16. The van der Waals surface area contributed by atoms with Gasteiger partial charge in [-0.25, -0.2) is 0 Å². The van der Waals surface area contributed by atoms with E-state index in [2.05, 4.69) is 19.2 Å². The quantitative estimate of drug-likeness (QED) is 0.485. The Hall–Kier alpha value is -3.34. The second kappa shape index (κ2) is 10.1. The summed E-state index contributed by atoms with van der Waals surface area (Å²) in [6.45, 7) is 7.47. The minimum Gasteiger partial charge on any atom is -0.461 e. The average molecular weight is 445 g/mol. The van der Waals surface area contributed by atoms with Crippen LogP contribution in [0.4, 0.5) is 5.69 Å². The number of rotatable bonds is 7. The fourth-order valence-electron chi connectivity index (χ4n) is 4.37. The smallest absolute Gasteiger partial charge is 0.231 e. The van der Waals surface area contributed by atoms with Crippen LogP contribution in [0.3, 0.4) is 0 Å². The lowest BCUT2D eigenvalue weighted by atomic mass is 9.95. The van der Waals surface area contributed by atoms with Gasteiger partial charge in [-0.15, -0.1) is 0 Å². The van der Waals surface area contributed by atoms with Gasteiger partial charge in [0.25, 0.3) is 0 Å². The third-order valence-corrected chi connectivity index (χ3v) is 6.17. The standard InChI is InChI=1S/C28H32N2O3/c1-4-24(20-8-6-5-7-9-20)28(32)29-23-12-10-21(11-13-23)26-17-22-18-30(15-14-25(22)33-26)27(31)16-19(2)3/h5-13,17,19,24H,4,14-16,18H2,1-3H3,(H,29,32). The summed E-state index contributed by atoms with van der Waals surface area (Å²) in [6.07, 6.45) is 2.06. The van der Waals surface area contributed by atoms with E-state index in [1.54, 1.807) is 0 Å². The van der Waals surface area contributed by atoms with E-state index in [0.717, 1.165) is 46.7 Å². The Bertz CT molecular complexity index is 1100. The molecule has 5 heteroatoms. The van der Waals surface area contributed by atoms with Gasteiger partial charge in [0.05, 0.1) is 5.92 Å². The van der Waals surface area contributed by atoms with E-state index in [9.17, 15) is 9.59 Å². The molecule has 0 spiro atoms. The molecule has 0 saturated heterocycles. The highest BCUT2D eigenvalue weighted by Crippen LogP contribution is 2.31. The molecule has 0 bridgehead atoms. The van der Waals surface area contributed by atoms with Crippen molar-refractivity contribution >= 4 is 17.5 Å². The zero-order chi connectivity index (χ0) is 23.4. The van der Waals surface area contributed by atoms with Gasteiger partial charge in [0.2, 0.25) is 11.8 Å². The maximum atomic E-state index is 12.8. The van der Waals surface area contributed by atoms with Crippen molar-refractivity contribution in [2.45, 2.75) is 52.5 Å². The largest absolute Gasteiger partial charge is 0.461 e. The van der Waals surface area contributed by atoms with Crippen LogP contribution < -0.4 is 5.32 Å². The molecule has 0 fully saturated rings. The number of carbonyl (C=O) groups is 2. The van der Waals surface area contributed by atoms with Crippen LogP contribution in [-0.4, -0.2) is 23.3 Å². The molecule has 1 atom stereocenters. The Morgan fingerprint density at radius 1 is 1.06 bits per heavy atom. The van der Waals surface area contributed by atoms with E-state index in [-0.39, 0.29) is 17.7 Å². The zero-order valence-corrected chi connectivity index (χ0v) is 19.6. The third kappa shape index (κ3) is 5.36. The predicted octanol–water partition coefficient (Wildman–Crippen LogP) is 6.01. The maximum absolute atomic E-state index is 12.8. The van der Waals surface area contributed by atoms with Crippen molar-refractivity contribution in [3.05, 3.63) is 77.6 Å². The van der Waals surface area contributed by atoms with E-state index in [4.69, 9.17) is 4.42 Å². The van der Waals surface area contributed by atoms with Crippen LogP contribution >= 0.6 is 0 Å². The summed E-state index contributed by atoms with van der Waals surface area (Å²) < 4.78 is 6.11. The summed E-state index contributed by atoms with van der Waals surface area (Å²) in [5.74, 6) is 2.15. The molecule has 172 valence electrons. The summed E-state index contributed by atoms with van der Waals surface area (Å²) in [6, 6.07) is 19.7. The van der Waals surface area contributed by atoms with Crippen molar-refractivity contribution in [2.24, 2.45) is 5.92 Å². The molecule has 0 aliphatic carbocycles. The number of carbonyl (C=O) groups excluding carboxylic acids is 2. The lowest BCUT2D eigenvalue weighted by Crippen LogP contribution is -2.35. The maximum Gasteiger partial charge on any atom is 0.231 e.